The van der Waals surface area contributed by atoms with E-state index in [0.29, 0.717) is 12.2 Å². The Morgan fingerprint density at radius 1 is 1.35 bits per heavy atom. The molecular formula is C13H13ClN4O2. The van der Waals surface area contributed by atoms with Gasteiger partial charge in [-0.05, 0) is 12.5 Å². The molecule has 0 fully saturated rings. The fraction of sp³-hybridized carbons (Fsp3) is 0.231. The molecule has 0 aliphatic heterocycles. The van der Waals surface area contributed by atoms with Crippen LogP contribution in [0.2, 0.25) is 5.15 Å². The van der Waals surface area contributed by atoms with Crippen LogP contribution in [-0.4, -0.2) is 20.4 Å². The maximum absolute atomic E-state index is 11.9. The number of pyridine rings is 1. The highest BCUT2D eigenvalue weighted by atomic mass is 35.5. The molecule has 0 saturated carbocycles. The first-order valence-electron chi connectivity index (χ1n) is 6.09. The zero-order valence-electron chi connectivity index (χ0n) is 10.8. The smallest absolute Gasteiger partial charge is 0.275 e. The van der Waals surface area contributed by atoms with Crippen LogP contribution in [0.4, 0.5) is 5.69 Å². The van der Waals surface area contributed by atoms with Crippen molar-refractivity contribution in [2.45, 2.75) is 19.9 Å². The molecule has 0 bridgehead atoms. The molecule has 7 heteroatoms. The molecule has 0 saturated heterocycles. The number of hydrogen-bond acceptors (Lipinski definition) is 4. The van der Waals surface area contributed by atoms with E-state index in [4.69, 9.17) is 11.6 Å². The molecule has 0 unspecified atom stereocenters. The van der Waals surface area contributed by atoms with Crippen LogP contribution in [0.3, 0.4) is 0 Å². The van der Waals surface area contributed by atoms with Gasteiger partial charge in [0.1, 0.15) is 10.8 Å². The molecule has 1 amide bonds. The average molecular weight is 293 g/mol. The van der Waals surface area contributed by atoms with Crippen molar-refractivity contribution in [1.29, 1.82) is 0 Å². The zero-order valence-corrected chi connectivity index (χ0v) is 11.6. The topological polar surface area (TPSA) is 76.9 Å². The first-order valence-corrected chi connectivity index (χ1v) is 6.47. The van der Waals surface area contributed by atoms with Crippen LogP contribution < -0.4 is 10.9 Å². The summed E-state index contributed by atoms with van der Waals surface area (Å²) in [4.78, 5) is 31.2. The molecule has 6 nitrogen and oxygen atoms in total. The second-order valence-electron chi connectivity index (χ2n) is 4.13. The number of hydrogen-bond donors (Lipinski definition) is 1. The largest absolute Gasteiger partial charge is 0.319 e. The number of aryl methyl sites for hydroxylation is 1. The Labute approximate surface area is 120 Å². The lowest BCUT2D eigenvalue weighted by Crippen LogP contribution is -2.21. The number of rotatable bonds is 4. The van der Waals surface area contributed by atoms with Gasteiger partial charge in [-0.3, -0.25) is 9.59 Å². The highest BCUT2D eigenvalue weighted by Crippen LogP contribution is 2.07. The Bertz CT molecular complexity index is 667. The molecule has 2 rings (SSSR count). The monoisotopic (exact) mass is 292 g/mol. The van der Waals surface area contributed by atoms with Gasteiger partial charge in [-0.25, -0.2) is 9.97 Å². The van der Waals surface area contributed by atoms with Crippen LogP contribution in [-0.2, 0) is 6.54 Å². The summed E-state index contributed by atoms with van der Waals surface area (Å²) in [6.07, 6.45) is 5.03. The summed E-state index contributed by atoms with van der Waals surface area (Å²) < 4.78 is 1.54. The summed E-state index contributed by atoms with van der Waals surface area (Å²) in [6, 6.07) is 2.97. The van der Waals surface area contributed by atoms with E-state index in [1.807, 2.05) is 6.92 Å². The number of nitrogens with zero attached hydrogens (tertiary/aromatic N) is 3. The molecular weight excluding hydrogens is 280 g/mol. The quantitative estimate of drug-likeness (QED) is 0.934. The molecule has 104 valence electrons. The highest BCUT2D eigenvalue weighted by molar-refractivity contribution is 6.29. The lowest BCUT2D eigenvalue weighted by Gasteiger charge is -2.08. The molecule has 0 aromatic carbocycles. The average Bonchev–Trinajstić information content (AvgIpc) is 2.43. The van der Waals surface area contributed by atoms with E-state index >= 15 is 0 Å². The molecule has 0 radical (unpaired) electrons. The van der Waals surface area contributed by atoms with E-state index in [-0.39, 0.29) is 16.4 Å². The minimum absolute atomic E-state index is 0.101. The van der Waals surface area contributed by atoms with E-state index in [0.717, 1.165) is 6.42 Å². The van der Waals surface area contributed by atoms with Crippen molar-refractivity contribution in [3.05, 3.63) is 51.9 Å². The maximum atomic E-state index is 11.9. The summed E-state index contributed by atoms with van der Waals surface area (Å²) in [5, 5.41) is 2.88. The van der Waals surface area contributed by atoms with Crippen molar-refractivity contribution in [3.8, 4) is 0 Å². The Balaban J connectivity index is 2.17. The van der Waals surface area contributed by atoms with Gasteiger partial charge >= 0.3 is 0 Å². The number of aromatic nitrogens is 3. The normalized spacial score (nSPS) is 10.3. The Kier molecular flexibility index (Phi) is 4.47. The number of anilines is 1. The molecule has 2 heterocycles. The van der Waals surface area contributed by atoms with Crippen LogP contribution in [0.5, 0.6) is 0 Å². The summed E-state index contributed by atoms with van der Waals surface area (Å²) in [5.74, 6) is -0.407. The number of nitrogens with one attached hydrogen (secondary N) is 1. The van der Waals surface area contributed by atoms with Crippen LogP contribution in [0, 0.1) is 0 Å². The molecule has 0 spiro atoms. The zero-order chi connectivity index (χ0) is 14.5. The minimum atomic E-state index is -0.407. The molecule has 0 aliphatic rings. The Morgan fingerprint density at radius 2 is 2.15 bits per heavy atom. The summed E-state index contributed by atoms with van der Waals surface area (Å²) >= 11 is 5.61. The van der Waals surface area contributed by atoms with Gasteiger partial charge in [-0.15, -0.1) is 0 Å². The predicted octanol–water partition coefficient (Wildman–Crippen LogP) is 1.95. The van der Waals surface area contributed by atoms with Crippen molar-refractivity contribution in [2.75, 3.05) is 5.32 Å². The van der Waals surface area contributed by atoms with Gasteiger partial charge in [0, 0.05) is 18.8 Å². The van der Waals surface area contributed by atoms with Crippen LogP contribution in [0.15, 0.2) is 35.5 Å². The van der Waals surface area contributed by atoms with Crippen molar-refractivity contribution in [3.63, 3.8) is 0 Å². The van der Waals surface area contributed by atoms with Crippen molar-refractivity contribution >= 4 is 23.2 Å². The van der Waals surface area contributed by atoms with Gasteiger partial charge in [0.25, 0.3) is 11.5 Å². The van der Waals surface area contributed by atoms with Gasteiger partial charge in [-0.2, -0.15) is 0 Å². The minimum Gasteiger partial charge on any atom is -0.319 e. The first-order chi connectivity index (χ1) is 9.60. The summed E-state index contributed by atoms with van der Waals surface area (Å²) in [7, 11) is 0. The predicted molar refractivity (Wildman–Crippen MR) is 76.0 cm³/mol. The van der Waals surface area contributed by atoms with Crippen LogP contribution >= 0.6 is 11.6 Å². The Morgan fingerprint density at radius 3 is 2.80 bits per heavy atom. The second-order valence-corrected chi connectivity index (χ2v) is 4.52. The van der Waals surface area contributed by atoms with Gasteiger partial charge in [0.05, 0.1) is 18.1 Å². The van der Waals surface area contributed by atoms with Gasteiger partial charge in [0.2, 0.25) is 0 Å². The van der Waals surface area contributed by atoms with Crippen LogP contribution in [0.1, 0.15) is 23.8 Å². The van der Waals surface area contributed by atoms with Gasteiger partial charge in [0.15, 0.2) is 0 Å². The second kappa shape index (κ2) is 6.29. The fourth-order valence-corrected chi connectivity index (χ4v) is 1.74. The number of amides is 1. The molecule has 20 heavy (non-hydrogen) atoms. The van der Waals surface area contributed by atoms with E-state index in [2.05, 4.69) is 15.3 Å². The first kappa shape index (κ1) is 14.2. The molecule has 1 N–H and O–H groups in total. The van der Waals surface area contributed by atoms with Crippen LogP contribution in [0.25, 0.3) is 0 Å². The summed E-state index contributed by atoms with van der Waals surface area (Å²) in [6.45, 7) is 2.57. The van der Waals surface area contributed by atoms with E-state index in [1.54, 1.807) is 16.8 Å². The van der Waals surface area contributed by atoms with Gasteiger partial charge < -0.3 is 9.88 Å². The van der Waals surface area contributed by atoms with Crippen molar-refractivity contribution < 1.29 is 4.79 Å². The third-order valence-corrected chi connectivity index (χ3v) is 2.75. The lowest BCUT2D eigenvalue weighted by atomic mass is 10.3. The standard InChI is InChI=1S/C13H13ClN4O2/c1-2-5-18-8-9(3-4-12(18)19)17-13(20)10-6-16-11(14)7-15-10/h3-4,6-8H,2,5H2,1H3,(H,17,20). The number of carbonyl (C=O) groups excluding carboxylic acids is 1. The van der Waals surface area contributed by atoms with E-state index in [9.17, 15) is 9.59 Å². The molecule has 0 aliphatic carbocycles. The van der Waals surface area contributed by atoms with Gasteiger partial charge in [-0.1, -0.05) is 18.5 Å². The fourth-order valence-electron chi connectivity index (χ4n) is 1.65. The number of carbonyl (C=O) groups is 1. The van der Waals surface area contributed by atoms with Crippen molar-refractivity contribution in [2.24, 2.45) is 0 Å². The highest BCUT2D eigenvalue weighted by Gasteiger charge is 2.09. The SMILES string of the molecule is CCCn1cc(NC(=O)c2cnc(Cl)cn2)ccc1=O. The number of halogens is 1. The molecule has 0 atom stereocenters. The summed E-state index contributed by atoms with van der Waals surface area (Å²) in [5.41, 5.74) is 0.582. The van der Waals surface area contributed by atoms with E-state index < -0.39 is 5.91 Å². The molecule has 2 aromatic rings. The lowest BCUT2D eigenvalue weighted by molar-refractivity contribution is 0.102. The third-order valence-electron chi connectivity index (χ3n) is 2.56. The third kappa shape index (κ3) is 3.42. The molecule has 2 aromatic heterocycles. The van der Waals surface area contributed by atoms with E-state index in [1.165, 1.54) is 18.5 Å². The maximum Gasteiger partial charge on any atom is 0.275 e. The van der Waals surface area contributed by atoms with Crippen molar-refractivity contribution in [1.82, 2.24) is 14.5 Å². The Hall–Kier alpha value is -2.21.